The Morgan fingerprint density at radius 3 is 2.47 bits per heavy atom. The van der Waals surface area contributed by atoms with Gasteiger partial charge in [0.25, 0.3) is 0 Å². The summed E-state index contributed by atoms with van der Waals surface area (Å²) in [4.78, 5) is 9.81. The highest BCUT2D eigenvalue weighted by molar-refractivity contribution is 5.79. The largest absolute Gasteiger partial charge is 0.396 e. The Balaban J connectivity index is 1.68. The Labute approximate surface area is 183 Å². The predicted octanol–water partition coefficient (Wildman–Crippen LogP) is 2.80. The van der Waals surface area contributed by atoms with Gasteiger partial charge in [-0.25, -0.2) is 0 Å². The van der Waals surface area contributed by atoms with Crippen LogP contribution in [0.2, 0.25) is 0 Å². The molecule has 6 nitrogen and oxygen atoms in total. The lowest BCUT2D eigenvalue weighted by Crippen LogP contribution is -2.47. The number of nitrogens with one attached hydrogen (secondary N) is 2. The average Bonchev–Trinajstić information content (AvgIpc) is 2.75. The summed E-state index contributed by atoms with van der Waals surface area (Å²) in [5.41, 5.74) is 1.34. The first-order valence-electron chi connectivity index (χ1n) is 11.8. The molecule has 1 aliphatic heterocycles. The molecule has 30 heavy (non-hydrogen) atoms. The molecule has 0 bridgehead atoms. The fraction of sp³-hybridized carbons (Fsp3) is 0.708. The topological polar surface area (TPSA) is 63.1 Å². The van der Waals surface area contributed by atoms with Crippen LogP contribution in [-0.2, 0) is 0 Å². The summed E-state index contributed by atoms with van der Waals surface area (Å²) in [7, 11) is 0. The van der Waals surface area contributed by atoms with Crippen LogP contribution >= 0.6 is 0 Å². The third-order valence-electron chi connectivity index (χ3n) is 5.63. The van der Waals surface area contributed by atoms with Gasteiger partial charge in [-0.2, -0.15) is 0 Å². The molecule has 6 heteroatoms. The number of aliphatic imine (C=N–C) groups is 1. The van der Waals surface area contributed by atoms with Crippen LogP contribution in [0.3, 0.4) is 0 Å². The highest BCUT2D eigenvalue weighted by Crippen LogP contribution is 2.16. The summed E-state index contributed by atoms with van der Waals surface area (Å²) in [5, 5.41) is 16.1. The van der Waals surface area contributed by atoms with E-state index in [-0.39, 0.29) is 6.61 Å². The molecule has 170 valence electrons. The molecule has 0 aromatic heterocycles. The van der Waals surface area contributed by atoms with Gasteiger partial charge in [-0.1, -0.05) is 32.0 Å². The van der Waals surface area contributed by atoms with Crippen LogP contribution in [0.5, 0.6) is 0 Å². The van der Waals surface area contributed by atoms with E-state index in [1.54, 1.807) is 0 Å². The van der Waals surface area contributed by atoms with Crippen molar-refractivity contribution >= 4 is 11.6 Å². The number of hydrogen-bond donors (Lipinski definition) is 3. The molecule has 1 atom stereocenters. The van der Waals surface area contributed by atoms with E-state index < -0.39 is 0 Å². The maximum absolute atomic E-state index is 9.31. The van der Waals surface area contributed by atoms with Crippen molar-refractivity contribution in [2.75, 3.05) is 63.9 Å². The van der Waals surface area contributed by atoms with Crippen LogP contribution in [0, 0.1) is 11.8 Å². The Hall–Kier alpha value is -1.79. The summed E-state index contributed by atoms with van der Waals surface area (Å²) in [6, 6.07) is 10.7. The number of piperazine rings is 1. The molecule has 0 radical (unpaired) electrons. The second kappa shape index (κ2) is 14.3. The third kappa shape index (κ3) is 9.35. The Kier molecular flexibility index (Phi) is 11.6. The van der Waals surface area contributed by atoms with E-state index in [1.807, 2.05) is 0 Å². The average molecular weight is 418 g/mol. The van der Waals surface area contributed by atoms with Crippen molar-refractivity contribution in [3.8, 4) is 0 Å². The number of para-hydroxylation sites is 1. The van der Waals surface area contributed by atoms with Crippen LogP contribution in [-0.4, -0.2) is 74.9 Å². The number of nitrogens with zero attached hydrogens (tertiary/aromatic N) is 3. The number of rotatable bonds is 12. The molecule has 1 aromatic rings. The smallest absolute Gasteiger partial charge is 0.191 e. The molecule has 0 spiro atoms. The van der Waals surface area contributed by atoms with Crippen molar-refractivity contribution in [1.82, 2.24) is 15.5 Å². The van der Waals surface area contributed by atoms with Gasteiger partial charge in [-0.05, 0) is 56.7 Å². The zero-order chi connectivity index (χ0) is 21.6. The van der Waals surface area contributed by atoms with Crippen LogP contribution in [0.15, 0.2) is 35.3 Å². The van der Waals surface area contributed by atoms with E-state index in [1.165, 1.54) is 5.69 Å². The first-order chi connectivity index (χ1) is 14.6. The van der Waals surface area contributed by atoms with E-state index in [4.69, 9.17) is 4.99 Å². The van der Waals surface area contributed by atoms with Crippen molar-refractivity contribution in [2.24, 2.45) is 16.8 Å². The van der Waals surface area contributed by atoms with Crippen LogP contribution in [0.4, 0.5) is 5.69 Å². The maximum Gasteiger partial charge on any atom is 0.191 e. The van der Waals surface area contributed by atoms with Gasteiger partial charge in [-0.15, -0.1) is 0 Å². The van der Waals surface area contributed by atoms with Gasteiger partial charge in [0.2, 0.25) is 0 Å². The number of anilines is 1. The summed E-state index contributed by atoms with van der Waals surface area (Å²) >= 11 is 0. The molecule has 0 saturated carbocycles. The fourth-order valence-corrected chi connectivity index (χ4v) is 4.07. The second-order valence-electron chi connectivity index (χ2n) is 8.67. The van der Waals surface area contributed by atoms with Crippen LogP contribution in [0.1, 0.15) is 40.0 Å². The van der Waals surface area contributed by atoms with E-state index in [2.05, 4.69) is 71.5 Å². The number of benzene rings is 1. The van der Waals surface area contributed by atoms with E-state index in [9.17, 15) is 5.11 Å². The van der Waals surface area contributed by atoms with Gasteiger partial charge in [0.05, 0.1) is 0 Å². The van der Waals surface area contributed by atoms with Gasteiger partial charge >= 0.3 is 0 Å². The Morgan fingerprint density at radius 1 is 1.10 bits per heavy atom. The Morgan fingerprint density at radius 2 is 1.83 bits per heavy atom. The molecule has 1 aromatic carbocycles. The van der Waals surface area contributed by atoms with Crippen molar-refractivity contribution < 1.29 is 5.11 Å². The molecular weight excluding hydrogens is 374 g/mol. The molecule has 0 amide bonds. The number of guanidine groups is 1. The summed E-state index contributed by atoms with van der Waals surface area (Å²) in [6.07, 6.45) is 3.05. The quantitative estimate of drug-likeness (QED) is 0.277. The number of aliphatic hydroxyl groups excluding tert-OH is 1. The SMILES string of the molecule is CCNC(=NCC(CCO)CC(C)C)NCCCN1CCN(c2ccccc2)CC1. The second-order valence-corrected chi connectivity index (χ2v) is 8.67. The molecule has 1 aliphatic rings. The van der Waals surface area contributed by atoms with Gasteiger partial charge in [0.1, 0.15) is 0 Å². The minimum Gasteiger partial charge on any atom is -0.396 e. The number of aliphatic hydroxyl groups is 1. The normalized spacial score (nSPS) is 16.7. The molecule has 3 N–H and O–H groups in total. The first kappa shape index (κ1) is 24.5. The number of hydrogen-bond acceptors (Lipinski definition) is 4. The predicted molar refractivity (Wildman–Crippen MR) is 128 cm³/mol. The summed E-state index contributed by atoms with van der Waals surface area (Å²) < 4.78 is 0. The molecule has 1 fully saturated rings. The van der Waals surface area contributed by atoms with Gasteiger partial charge < -0.3 is 20.6 Å². The highest BCUT2D eigenvalue weighted by Gasteiger charge is 2.16. The van der Waals surface area contributed by atoms with Gasteiger partial charge in [0, 0.05) is 58.1 Å². The van der Waals surface area contributed by atoms with Crippen molar-refractivity contribution in [3.63, 3.8) is 0 Å². The Bertz CT molecular complexity index is 585. The fourth-order valence-electron chi connectivity index (χ4n) is 4.07. The standard InChI is InChI=1S/C24H43N5O/c1-4-25-24(27-20-22(11-18-30)19-21(2)3)26-12-8-13-28-14-16-29(17-15-28)23-9-6-5-7-10-23/h5-7,9-10,21-22,30H,4,8,11-20H2,1-3H3,(H2,25,26,27). The molecule has 1 heterocycles. The minimum absolute atomic E-state index is 0.244. The van der Waals surface area contributed by atoms with Crippen molar-refractivity contribution in [2.45, 2.75) is 40.0 Å². The minimum atomic E-state index is 0.244. The molecule has 1 unspecified atom stereocenters. The lowest BCUT2D eigenvalue weighted by Gasteiger charge is -2.36. The van der Waals surface area contributed by atoms with Gasteiger partial charge in [0.15, 0.2) is 5.96 Å². The first-order valence-corrected chi connectivity index (χ1v) is 11.8. The zero-order valence-electron chi connectivity index (χ0n) is 19.3. The molecule has 1 saturated heterocycles. The maximum atomic E-state index is 9.31. The highest BCUT2D eigenvalue weighted by atomic mass is 16.3. The lowest BCUT2D eigenvalue weighted by atomic mass is 9.94. The third-order valence-corrected chi connectivity index (χ3v) is 5.63. The molecular formula is C24H43N5O. The summed E-state index contributed by atoms with van der Waals surface area (Å²) in [6.45, 7) is 15.0. The van der Waals surface area contributed by atoms with Crippen molar-refractivity contribution in [3.05, 3.63) is 30.3 Å². The van der Waals surface area contributed by atoms with E-state index >= 15 is 0 Å². The molecule has 2 rings (SSSR count). The zero-order valence-corrected chi connectivity index (χ0v) is 19.3. The van der Waals surface area contributed by atoms with E-state index in [0.29, 0.717) is 11.8 Å². The monoisotopic (exact) mass is 417 g/mol. The summed E-state index contributed by atoms with van der Waals surface area (Å²) in [5.74, 6) is 1.99. The van der Waals surface area contributed by atoms with Crippen LogP contribution in [0.25, 0.3) is 0 Å². The lowest BCUT2D eigenvalue weighted by molar-refractivity contribution is 0.245. The van der Waals surface area contributed by atoms with Crippen molar-refractivity contribution in [1.29, 1.82) is 0 Å². The van der Waals surface area contributed by atoms with Crippen LogP contribution < -0.4 is 15.5 Å². The molecule has 0 aliphatic carbocycles. The van der Waals surface area contributed by atoms with E-state index in [0.717, 1.165) is 77.6 Å². The van der Waals surface area contributed by atoms with Gasteiger partial charge in [-0.3, -0.25) is 9.89 Å².